The predicted octanol–water partition coefficient (Wildman–Crippen LogP) is 0.515. The summed E-state index contributed by atoms with van der Waals surface area (Å²) in [7, 11) is 0. The number of aryl methyl sites for hydroxylation is 1. The number of nitrogens with one attached hydrogen (secondary N) is 1. The van der Waals surface area contributed by atoms with E-state index in [9.17, 15) is 4.79 Å². The molecular formula is C13H17N3O2. The van der Waals surface area contributed by atoms with E-state index in [0.717, 1.165) is 11.1 Å². The van der Waals surface area contributed by atoms with Crippen LogP contribution in [-0.4, -0.2) is 25.6 Å². The first-order valence-electron chi connectivity index (χ1n) is 5.73. The average molecular weight is 247 g/mol. The summed E-state index contributed by atoms with van der Waals surface area (Å²) in [5, 5.41) is 10.7. The summed E-state index contributed by atoms with van der Waals surface area (Å²) in [5.74, 6) is 0.356. The van der Waals surface area contributed by atoms with Gasteiger partial charge in [0.25, 0.3) is 5.91 Å². The minimum Gasteiger partial charge on any atom is -0.483 e. The first kappa shape index (κ1) is 14.0. The zero-order valence-electron chi connectivity index (χ0n) is 10.4. The molecule has 0 bridgehead atoms. The second-order valence-electron chi connectivity index (χ2n) is 3.87. The van der Waals surface area contributed by atoms with Crippen molar-refractivity contribution < 1.29 is 9.53 Å². The fraction of sp³-hybridized carbons (Fsp3) is 0.385. The quantitative estimate of drug-likeness (QED) is 0.717. The van der Waals surface area contributed by atoms with Gasteiger partial charge in [-0.25, -0.2) is 0 Å². The van der Waals surface area contributed by atoms with Crippen LogP contribution in [0.15, 0.2) is 18.2 Å². The zero-order chi connectivity index (χ0) is 13.4. The van der Waals surface area contributed by atoms with Gasteiger partial charge < -0.3 is 15.8 Å². The summed E-state index contributed by atoms with van der Waals surface area (Å²) in [6.07, 6.45) is 0.705. The van der Waals surface area contributed by atoms with Gasteiger partial charge in [-0.05, 0) is 31.5 Å². The number of rotatable bonds is 6. The summed E-state index contributed by atoms with van der Waals surface area (Å²) in [5.41, 5.74) is 7.65. The molecule has 0 unspecified atom stereocenters. The van der Waals surface area contributed by atoms with Gasteiger partial charge in [-0.15, -0.1) is 0 Å². The maximum Gasteiger partial charge on any atom is 0.258 e. The molecule has 1 amide bonds. The number of hydrogen-bond donors (Lipinski definition) is 2. The Morgan fingerprint density at radius 1 is 1.56 bits per heavy atom. The molecule has 0 saturated heterocycles. The molecule has 0 aliphatic carbocycles. The Morgan fingerprint density at radius 3 is 3.00 bits per heavy atom. The highest BCUT2D eigenvalue weighted by molar-refractivity contribution is 5.77. The second kappa shape index (κ2) is 7.30. The first-order chi connectivity index (χ1) is 8.67. The Morgan fingerprint density at radius 2 is 2.33 bits per heavy atom. The van der Waals surface area contributed by atoms with Gasteiger partial charge in [-0.3, -0.25) is 4.79 Å². The molecule has 0 aliphatic rings. The number of nitrogens with zero attached hydrogens (tertiary/aromatic N) is 1. The maximum absolute atomic E-state index is 11.3. The van der Waals surface area contributed by atoms with Gasteiger partial charge in [0.1, 0.15) is 12.3 Å². The molecule has 0 aliphatic heterocycles. The van der Waals surface area contributed by atoms with Gasteiger partial charge in [-0.2, -0.15) is 5.26 Å². The Bertz CT molecular complexity index is 452. The molecule has 5 heteroatoms. The summed E-state index contributed by atoms with van der Waals surface area (Å²) >= 11 is 0. The molecule has 0 heterocycles. The van der Waals surface area contributed by atoms with Crippen molar-refractivity contribution in [2.24, 2.45) is 5.73 Å². The van der Waals surface area contributed by atoms with Gasteiger partial charge in [0.2, 0.25) is 0 Å². The lowest BCUT2D eigenvalue weighted by molar-refractivity contribution is -0.122. The summed E-state index contributed by atoms with van der Waals surface area (Å²) < 4.78 is 5.43. The number of carbonyl (C=O) groups is 1. The molecule has 0 saturated carbocycles. The van der Waals surface area contributed by atoms with Gasteiger partial charge in [-0.1, -0.05) is 17.7 Å². The van der Waals surface area contributed by atoms with Crippen molar-refractivity contribution in [1.82, 2.24) is 5.32 Å². The van der Waals surface area contributed by atoms with Crippen LogP contribution in [0.5, 0.6) is 5.75 Å². The molecule has 0 fully saturated rings. The molecule has 3 N–H and O–H groups in total. The number of ether oxygens (including phenoxy) is 1. The van der Waals surface area contributed by atoms with Crippen molar-refractivity contribution >= 4 is 5.91 Å². The molecular weight excluding hydrogens is 230 g/mol. The normalized spacial score (nSPS) is 9.61. The molecule has 0 spiro atoms. The molecule has 96 valence electrons. The van der Waals surface area contributed by atoms with E-state index in [1.165, 1.54) is 0 Å². The number of hydrogen-bond acceptors (Lipinski definition) is 4. The van der Waals surface area contributed by atoms with E-state index >= 15 is 0 Å². The predicted molar refractivity (Wildman–Crippen MR) is 68.1 cm³/mol. The zero-order valence-corrected chi connectivity index (χ0v) is 10.4. The summed E-state index contributed by atoms with van der Waals surface area (Å²) in [4.78, 5) is 11.3. The van der Waals surface area contributed by atoms with E-state index in [1.54, 1.807) is 0 Å². The molecule has 1 aromatic carbocycles. The summed E-state index contributed by atoms with van der Waals surface area (Å²) in [6.45, 7) is 2.41. The van der Waals surface area contributed by atoms with Crippen molar-refractivity contribution in [1.29, 1.82) is 5.26 Å². The third-order valence-corrected chi connectivity index (χ3v) is 2.35. The highest BCUT2D eigenvalue weighted by Crippen LogP contribution is 2.20. The van der Waals surface area contributed by atoms with Crippen LogP contribution in [0.1, 0.15) is 11.1 Å². The minimum absolute atomic E-state index is 0.00819. The van der Waals surface area contributed by atoms with Gasteiger partial charge >= 0.3 is 0 Å². The molecule has 0 aromatic heterocycles. The van der Waals surface area contributed by atoms with Crippen molar-refractivity contribution in [2.45, 2.75) is 13.3 Å². The Balaban J connectivity index is 2.61. The molecule has 1 rings (SSSR count). The van der Waals surface area contributed by atoms with E-state index in [4.69, 9.17) is 15.7 Å². The fourth-order valence-electron chi connectivity index (χ4n) is 1.53. The van der Waals surface area contributed by atoms with E-state index < -0.39 is 0 Å². The van der Waals surface area contributed by atoms with Crippen LogP contribution < -0.4 is 15.8 Å². The Labute approximate surface area is 107 Å². The molecule has 18 heavy (non-hydrogen) atoms. The SMILES string of the molecule is Cc1ccc(OCC(=O)NCC#N)c(CCN)c1. The minimum atomic E-state index is -0.309. The summed E-state index contributed by atoms with van der Waals surface area (Å²) in [6, 6.07) is 7.58. The number of benzene rings is 1. The van der Waals surface area contributed by atoms with Crippen LogP contribution in [-0.2, 0) is 11.2 Å². The van der Waals surface area contributed by atoms with Crippen molar-refractivity contribution in [2.75, 3.05) is 19.7 Å². The Kier molecular flexibility index (Phi) is 5.68. The van der Waals surface area contributed by atoms with Crippen LogP contribution >= 0.6 is 0 Å². The van der Waals surface area contributed by atoms with E-state index in [-0.39, 0.29) is 19.1 Å². The average Bonchev–Trinajstić information content (AvgIpc) is 2.36. The number of carbonyl (C=O) groups excluding carboxylic acids is 1. The van der Waals surface area contributed by atoms with Gasteiger partial charge in [0, 0.05) is 0 Å². The number of nitrogens with two attached hydrogens (primary N) is 1. The van der Waals surface area contributed by atoms with E-state index in [0.29, 0.717) is 18.7 Å². The van der Waals surface area contributed by atoms with Crippen molar-refractivity contribution in [3.05, 3.63) is 29.3 Å². The molecule has 1 aromatic rings. The number of amides is 1. The van der Waals surface area contributed by atoms with E-state index in [2.05, 4.69) is 5.32 Å². The smallest absolute Gasteiger partial charge is 0.258 e. The van der Waals surface area contributed by atoms with Crippen LogP contribution in [0.2, 0.25) is 0 Å². The topological polar surface area (TPSA) is 88.1 Å². The Hall–Kier alpha value is -2.06. The number of nitriles is 1. The third kappa shape index (κ3) is 4.44. The largest absolute Gasteiger partial charge is 0.483 e. The second-order valence-corrected chi connectivity index (χ2v) is 3.87. The molecule has 0 radical (unpaired) electrons. The standard InChI is InChI=1S/C13H17N3O2/c1-10-2-3-12(11(8-10)4-5-14)18-9-13(17)16-7-6-15/h2-3,8H,4-5,7,9,14H2,1H3,(H,16,17). The maximum atomic E-state index is 11.3. The van der Waals surface area contributed by atoms with Crippen molar-refractivity contribution in [3.8, 4) is 11.8 Å². The first-order valence-corrected chi connectivity index (χ1v) is 5.73. The van der Waals surface area contributed by atoms with E-state index in [1.807, 2.05) is 31.2 Å². The lowest BCUT2D eigenvalue weighted by Crippen LogP contribution is -2.29. The van der Waals surface area contributed by atoms with Crippen molar-refractivity contribution in [3.63, 3.8) is 0 Å². The van der Waals surface area contributed by atoms with Crippen LogP contribution in [0, 0.1) is 18.3 Å². The van der Waals surface area contributed by atoms with Gasteiger partial charge in [0.15, 0.2) is 6.61 Å². The van der Waals surface area contributed by atoms with Crippen LogP contribution in [0.25, 0.3) is 0 Å². The third-order valence-electron chi connectivity index (χ3n) is 2.35. The molecule has 0 atom stereocenters. The van der Waals surface area contributed by atoms with Crippen LogP contribution in [0.4, 0.5) is 0 Å². The lowest BCUT2D eigenvalue weighted by atomic mass is 10.1. The highest BCUT2D eigenvalue weighted by Gasteiger charge is 2.06. The monoisotopic (exact) mass is 247 g/mol. The fourth-order valence-corrected chi connectivity index (χ4v) is 1.53. The lowest BCUT2D eigenvalue weighted by Gasteiger charge is -2.11. The molecule has 5 nitrogen and oxygen atoms in total. The van der Waals surface area contributed by atoms with Gasteiger partial charge in [0.05, 0.1) is 6.07 Å². The van der Waals surface area contributed by atoms with Crippen LogP contribution in [0.3, 0.4) is 0 Å². The highest BCUT2D eigenvalue weighted by atomic mass is 16.5.